The lowest BCUT2D eigenvalue weighted by Gasteiger charge is -2.26. The van der Waals surface area contributed by atoms with Gasteiger partial charge in [-0.05, 0) is 32.9 Å². The van der Waals surface area contributed by atoms with Gasteiger partial charge in [0, 0.05) is 32.3 Å². The standard InChI is InChI=1S/C20H26N2O5/c1-20(2,3)27-19(25)22-16(11-15(17(22)23)12-21(4)5)13-26-18(24)14-9-7-6-8-10-14/h6-10,12,16H,11,13H2,1-5H3/b15-12+/t16-/m0/s1. The molecule has 2 rings (SSSR count). The molecule has 27 heavy (non-hydrogen) atoms. The van der Waals surface area contributed by atoms with Crippen molar-refractivity contribution >= 4 is 18.0 Å². The number of nitrogens with zero attached hydrogens (tertiary/aromatic N) is 2. The van der Waals surface area contributed by atoms with E-state index in [0.717, 1.165) is 4.90 Å². The number of hydrogen-bond acceptors (Lipinski definition) is 6. The van der Waals surface area contributed by atoms with Crippen LogP contribution in [0, 0.1) is 0 Å². The number of rotatable bonds is 4. The zero-order chi connectivity index (χ0) is 20.2. The molecule has 1 aliphatic rings. The molecule has 0 saturated carbocycles. The molecule has 146 valence electrons. The number of amides is 2. The van der Waals surface area contributed by atoms with Gasteiger partial charge in [-0.1, -0.05) is 18.2 Å². The molecule has 0 radical (unpaired) electrons. The molecule has 7 heteroatoms. The van der Waals surface area contributed by atoms with E-state index in [9.17, 15) is 14.4 Å². The number of ether oxygens (including phenoxy) is 2. The molecule has 1 aliphatic heterocycles. The molecule has 0 bridgehead atoms. The normalized spacial score (nSPS) is 18.6. The first-order valence-electron chi connectivity index (χ1n) is 8.74. The van der Waals surface area contributed by atoms with Crippen molar-refractivity contribution in [3.05, 3.63) is 47.7 Å². The van der Waals surface area contributed by atoms with E-state index in [1.165, 1.54) is 0 Å². The van der Waals surface area contributed by atoms with Crippen LogP contribution in [0.15, 0.2) is 42.1 Å². The Hall–Kier alpha value is -2.83. The Labute approximate surface area is 159 Å². The minimum absolute atomic E-state index is 0.0938. The van der Waals surface area contributed by atoms with E-state index < -0.39 is 29.6 Å². The highest BCUT2D eigenvalue weighted by atomic mass is 16.6. The number of carbonyl (C=O) groups excluding carboxylic acids is 3. The molecule has 1 aromatic rings. The molecule has 7 nitrogen and oxygen atoms in total. The quantitative estimate of drug-likeness (QED) is 0.596. The molecule has 2 amide bonds. The van der Waals surface area contributed by atoms with E-state index in [-0.39, 0.29) is 6.61 Å². The molecule has 1 saturated heterocycles. The minimum atomic E-state index is -0.740. The Morgan fingerprint density at radius 2 is 1.85 bits per heavy atom. The van der Waals surface area contributed by atoms with Gasteiger partial charge in [-0.3, -0.25) is 4.79 Å². The highest BCUT2D eigenvalue weighted by Gasteiger charge is 2.42. The second kappa shape index (κ2) is 8.24. The fourth-order valence-corrected chi connectivity index (χ4v) is 2.68. The summed E-state index contributed by atoms with van der Waals surface area (Å²) in [5.41, 5.74) is 0.137. The zero-order valence-electron chi connectivity index (χ0n) is 16.4. The molecule has 0 spiro atoms. The molecule has 1 fully saturated rings. The van der Waals surface area contributed by atoms with E-state index in [0.29, 0.717) is 17.6 Å². The summed E-state index contributed by atoms with van der Waals surface area (Å²) in [5, 5.41) is 0. The molecule has 1 aromatic carbocycles. The second-order valence-electron chi connectivity index (χ2n) is 7.60. The largest absolute Gasteiger partial charge is 0.460 e. The van der Waals surface area contributed by atoms with Crippen LogP contribution in [0.2, 0.25) is 0 Å². The monoisotopic (exact) mass is 374 g/mol. The summed E-state index contributed by atoms with van der Waals surface area (Å²) in [6, 6.07) is 7.96. The van der Waals surface area contributed by atoms with Crippen LogP contribution < -0.4 is 0 Å². The van der Waals surface area contributed by atoms with Gasteiger partial charge in [0.25, 0.3) is 5.91 Å². The van der Waals surface area contributed by atoms with Crippen molar-refractivity contribution < 1.29 is 23.9 Å². The molecule has 1 atom stereocenters. The van der Waals surface area contributed by atoms with Gasteiger partial charge in [0.2, 0.25) is 0 Å². The highest BCUT2D eigenvalue weighted by Crippen LogP contribution is 2.27. The van der Waals surface area contributed by atoms with Crippen LogP contribution >= 0.6 is 0 Å². The predicted molar refractivity (Wildman–Crippen MR) is 100.0 cm³/mol. The first-order valence-corrected chi connectivity index (χ1v) is 8.74. The fraction of sp³-hybridized carbons (Fsp3) is 0.450. The summed E-state index contributed by atoms with van der Waals surface area (Å²) in [6.07, 6.45) is 1.22. The lowest BCUT2D eigenvalue weighted by atomic mass is 10.1. The smallest absolute Gasteiger partial charge is 0.417 e. The first-order chi connectivity index (χ1) is 12.6. The number of imide groups is 1. The highest BCUT2D eigenvalue weighted by molar-refractivity contribution is 6.05. The lowest BCUT2D eigenvalue weighted by molar-refractivity contribution is -0.126. The fourth-order valence-electron chi connectivity index (χ4n) is 2.68. The van der Waals surface area contributed by atoms with Crippen molar-refractivity contribution in [1.82, 2.24) is 9.80 Å². The molecule has 1 heterocycles. The van der Waals surface area contributed by atoms with Gasteiger partial charge in [0.15, 0.2) is 0 Å². The van der Waals surface area contributed by atoms with Crippen molar-refractivity contribution in [3.8, 4) is 0 Å². The third-order valence-electron chi connectivity index (χ3n) is 3.73. The van der Waals surface area contributed by atoms with E-state index in [1.54, 1.807) is 76.3 Å². The van der Waals surface area contributed by atoms with E-state index in [1.807, 2.05) is 0 Å². The number of likely N-dealkylation sites (tertiary alicyclic amines) is 1. The second-order valence-corrected chi connectivity index (χ2v) is 7.60. The van der Waals surface area contributed by atoms with Gasteiger partial charge in [-0.25, -0.2) is 14.5 Å². The minimum Gasteiger partial charge on any atom is -0.460 e. The number of hydrogen-bond donors (Lipinski definition) is 0. The summed E-state index contributed by atoms with van der Waals surface area (Å²) < 4.78 is 10.7. The van der Waals surface area contributed by atoms with Crippen molar-refractivity contribution in [2.75, 3.05) is 20.7 Å². The van der Waals surface area contributed by atoms with Crippen molar-refractivity contribution in [1.29, 1.82) is 0 Å². The maximum Gasteiger partial charge on any atom is 0.417 e. The molecule has 0 N–H and O–H groups in total. The molecule has 0 unspecified atom stereocenters. The Morgan fingerprint density at radius 1 is 1.22 bits per heavy atom. The van der Waals surface area contributed by atoms with Crippen LogP contribution in [0.4, 0.5) is 4.79 Å². The van der Waals surface area contributed by atoms with E-state index in [2.05, 4.69) is 0 Å². The van der Waals surface area contributed by atoms with E-state index >= 15 is 0 Å². The van der Waals surface area contributed by atoms with Gasteiger partial charge < -0.3 is 14.4 Å². The topological polar surface area (TPSA) is 76.2 Å². The van der Waals surface area contributed by atoms with Crippen molar-refractivity contribution in [3.63, 3.8) is 0 Å². The average molecular weight is 374 g/mol. The van der Waals surface area contributed by atoms with Crippen LogP contribution in [0.3, 0.4) is 0 Å². The van der Waals surface area contributed by atoms with Crippen LogP contribution in [-0.4, -0.2) is 60.1 Å². The Bertz CT molecular complexity index is 734. The number of esters is 1. The number of carbonyl (C=O) groups is 3. The van der Waals surface area contributed by atoms with Crippen molar-refractivity contribution in [2.45, 2.75) is 38.8 Å². The Kier molecular flexibility index (Phi) is 6.25. The van der Waals surface area contributed by atoms with Gasteiger partial charge in [0.1, 0.15) is 12.2 Å². The Morgan fingerprint density at radius 3 is 2.41 bits per heavy atom. The van der Waals surface area contributed by atoms with Crippen LogP contribution in [-0.2, 0) is 14.3 Å². The summed E-state index contributed by atoms with van der Waals surface area (Å²) in [5.74, 6) is -0.934. The van der Waals surface area contributed by atoms with Gasteiger partial charge in [-0.2, -0.15) is 0 Å². The molecular weight excluding hydrogens is 348 g/mol. The van der Waals surface area contributed by atoms with E-state index in [4.69, 9.17) is 9.47 Å². The van der Waals surface area contributed by atoms with Gasteiger partial charge in [-0.15, -0.1) is 0 Å². The average Bonchev–Trinajstić information content (AvgIpc) is 2.87. The maximum absolute atomic E-state index is 12.7. The zero-order valence-corrected chi connectivity index (χ0v) is 16.4. The third kappa shape index (κ3) is 5.57. The van der Waals surface area contributed by atoms with Gasteiger partial charge in [0.05, 0.1) is 11.6 Å². The number of benzene rings is 1. The summed E-state index contributed by atoms with van der Waals surface area (Å²) in [6.45, 7) is 5.09. The first kappa shape index (κ1) is 20.5. The lowest BCUT2D eigenvalue weighted by Crippen LogP contribution is -2.44. The summed E-state index contributed by atoms with van der Waals surface area (Å²) in [7, 11) is 3.59. The summed E-state index contributed by atoms with van der Waals surface area (Å²) in [4.78, 5) is 40.2. The van der Waals surface area contributed by atoms with Crippen LogP contribution in [0.5, 0.6) is 0 Å². The van der Waals surface area contributed by atoms with Gasteiger partial charge >= 0.3 is 12.1 Å². The molecular formula is C20H26N2O5. The maximum atomic E-state index is 12.7. The van der Waals surface area contributed by atoms with Crippen LogP contribution in [0.1, 0.15) is 37.6 Å². The molecule has 0 aromatic heterocycles. The van der Waals surface area contributed by atoms with Crippen molar-refractivity contribution in [2.24, 2.45) is 0 Å². The summed E-state index contributed by atoms with van der Waals surface area (Å²) >= 11 is 0. The van der Waals surface area contributed by atoms with Crippen LogP contribution in [0.25, 0.3) is 0 Å². The SMILES string of the molecule is CN(C)/C=C1\C[C@@H](COC(=O)c2ccccc2)N(C(=O)OC(C)(C)C)C1=O. The Balaban J connectivity index is 2.16. The third-order valence-corrected chi connectivity index (χ3v) is 3.73. The predicted octanol–water partition coefficient (Wildman–Crippen LogP) is 2.82. The molecule has 0 aliphatic carbocycles.